The van der Waals surface area contributed by atoms with Crippen LogP contribution < -0.4 is 5.32 Å². The van der Waals surface area contributed by atoms with E-state index in [9.17, 15) is 15.0 Å². The molecule has 0 unspecified atom stereocenters. The predicted octanol–water partition coefficient (Wildman–Crippen LogP) is 3.43. The third kappa shape index (κ3) is 2.51. The van der Waals surface area contributed by atoms with Gasteiger partial charge in [-0.15, -0.1) is 0 Å². The van der Waals surface area contributed by atoms with E-state index in [2.05, 4.69) is 5.32 Å². The number of nitrogens with one attached hydrogen (secondary N) is 1. The Kier molecular flexibility index (Phi) is 4.35. The molecule has 0 heterocycles. The average Bonchev–Trinajstić information content (AvgIpc) is 2.45. The molecule has 2 aromatic carbocycles. The molecule has 2 rings (SSSR count). The lowest BCUT2D eigenvalue weighted by molar-refractivity contribution is 0.0950. The predicted molar refractivity (Wildman–Crippen MR) is 79.5 cm³/mol. The largest absolute Gasteiger partial charge is 0.506 e. The Balaban J connectivity index is 2.50. The highest BCUT2D eigenvalue weighted by Gasteiger charge is 2.22. The van der Waals surface area contributed by atoms with Gasteiger partial charge in [0.1, 0.15) is 17.1 Å². The van der Waals surface area contributed by atoms with Crippen LogP contribution in [0.1, 0.15) is 30.1 Å². The number of phenols is 2. The highest BCUT2D eigenvalue weighted by atomic mass is 35.5. The Hall–Kier alpha value is -1.94. The molecule has 0 fully saturated rings. The molecule has 20 heavy (non-hydrogen) atoms. The fourth-order valence-corrected chi connectivity index (χ4v) is 2.32. The molecule has 0 saturated heterocycles. The molecule has 5 heteroatoms. The van der Waals surface area contributed by atoms with Gasteiger partial charge in [-0.25, -0.2) is 0 Å². The van der Waals surface area contributed by atoms with Crippen molar-refractivity contribution in [2.45, 2.75) is 19.8 Å². The SMILES string of the molecule is CCCCNC(=O)c1c(Cl)c(O)c2ccccc2c1O. The average molecular weight is 294 g/mol. The van der Waals surface area contributed by atoms with E-state index < -0.39 is 5.91 Å². The number of phenolic OH excluding ortho intramolecular Hbond substituents is 2. The van der Waals surface area contributed by atoms with Crippen LogP contribution in [0.25, 0.3) is 10.8 Å². The van der Waals surface area contributed by atoms with Gasteiger partial charge in [-0.05, 0) is 6.42 Å². The zero-order chi connectivity index (χ0) is 14.7. The van der Waals surface area contributed by atoms with Gasteiger partial charge in [0, 0.05) is 17.3 Å². The van der Waals surface area contributed by atoms with Gasteiger partial charge >= 0.3 is 0 Å². The number of unbranched alkanes of at least 4 members (excludes halogenated alkanes) is 1. The molecule has 4 nitrogen and oxygen atoms in total. The second kappa shape index (κ2) is 6.01. The van der Waals surface area contributed by atoms with E-state index in [1.807, 2.05) is 6.92 Å². The van der Waals surface area contributed by atoms with Gasteiger partial charge in [-0.2, -0.15) is 0 Å². The van der Waals surface area contributed by atoms with E-state index in [1.54, 1.807) is 24.3 Å². The Morgan fingerprint density at radius 3 is 2.40 bits per heavy atom. The third-order valence-corrected chi connectivity index (χ3v) is 3.51. The number of amides is 1. The molecule has 0 aromatic heterocycles. The van der Waals surface area contributed by atoms with Crippen molar-refractivity contribution in [2.24, 2.45) is 0 Å². The molecule has 0 spiro atoms. The van der Waals surface area contributed by atoms with Crippen LogP contribution in [-0.2, 0) is 0 Å². The van der Waals surface area contributed by atoms with Crippen molar-refractivity contribution in [3.8, 4) is 11.5 Å². The number of halogens is 1. The van der Waals surface area contributed by atoms with Crippen LogP contribution in [-0.4, -0.2) is 22.7 Å². The zero-order valence-corrected chi connectivity index (χ0v) is 11.9. The molecule has 3 N–H and O–H groups in total. The summed E-state index contributed by atoms with van der Waals surface area (Å²) in [6.45, 7) is 2.51. The van der Waals surface area contributed by atoms with Crippen molar-refractivity contribution in [1.82, 2.24) is 5.32 Å². The molecule has 0 aliphatic heterocycles. The van der Waals surface area contributed by atoms with Gasteiger partial charge in [0.15, 0.2) is 0 Å². The number of fused-ring (bicyclic) bond motifs is 1. The quantitative estimate of drug-likeness (QED) is 0.597. The molecular formula is C15H16ClNO3. The van der Waals surface area contributed by atoms with Crippen molar-refractivity contribution in [3.05, 3.63) is 34.9 Å². The second-order valence-corrected chi connectivity index (χ2v) is 4.92. The van der Waals surface area contributed by atoms with Crippen molar-refractivity contribution in [1.29, 1.82) is 0 Å². The summed E-state index contributed by atoms with van der Waals surface area (Å²) >= 11 is 6.01. The first-order valence-corrected chi connectivity index (χ1v) is 6.86. The normalized spacial score (nSPS) is 10.7. The number of aromatic hydroxyl groups is 2. The summed E-state index contributed by atoms with van der Waals surface area (Å²) < 4.78 is 0. The molecular weight excluding hydrogens is 278 g/mol. The summed E-state index contributed by atoms with van der Waals surface area (Å²) in [7, 11) is 0. The van der Waals surface area contributed by atoms with Gasteiger partial charge in [0.05, 0.1) is 5.02 Å². The summed E-state index contributed by atoms with van der Waals surface area (Å²) in [5.74, 6) is -0.889. The van der Waals surface area contributed by atoms with Gasteiger partial charge in [-0.1, -0.05) is 49.2 Å². The van der Waals surface area contributed by atoms with Crippen molar-refractivity contribution in [2.75, 3.05) is 6.54 Å². The lowest BCUT2D eigenvalue weighted by atomic mass is 10.0. The summed E-state index contributed by atoms with van der Waals surface area (Å²) in [6.07, 6.45) is 1.78. The maximum absolute atomic E-state index is 12.1. The third-order valence-electron chi connectivity index (χ3n) is 3.14. The van der Waals surface area contributed by atoms with E-state index in [1.165, 1.54) is 0 Å². The van der Waals surface area contributed by atoms with Crippen LogP contribution in [0.5, 0.6) is 11.5 Å². The molecule has 0 atom stereocenters. The molecule has 1 amide bonds. The number of hydrogen-bond donors (Lipinski definition) is 3. The Morgan fingerprint density at radius 1 is 1.20 bits per heavy atom. The maximum Gasteiger partial charge on any atom is 0.256 e. The molecule has 106 valence electrons. The van der Waals surface area contributed by atoms with Crippen molar-refractivity contribution >= 4 is 28.3 Å². The standard InChI is InChI=1S/C15H16ClNO3/c1-2-3-8-17-15(20)11-12(16)14(19)10-7-5-4-6-9(10)13(11)18/h4-7,18-19H,2-3,8H2,1H3,(H,17,20). The van der Waals surface area contributed by atoms with Crippen molar-refractivity contribution in [3.63, 3.8) is 0 Å². The maximum atomic E-state index is 12.1. The minimum absolute atomic E-state index is 0.0843. The summed E-state index contributed by atoms with van der Waals surface area (Å²) in [4.78, 5) is 12.1. The lowest BCUT2D eigenvalue weighted by Gasteiger charge is -2.12. The minimum Gasteiger partial charge on any atom is -0.506 e. The Labute approximate surface area is 122 Å². The van der Waals surface area contributed by atoms with E-state index >= 15 is 0 Å². The van der Waals surface area contributed by atoms with Gasteiger partial charge < -0.3 is 15.5 Å². The number of hydrogen-bond acceptors (Lipinski definition) is 3. The van der Waals surface area contributed by atoms with Crippen LogP contribution >= 0.6 is 11.6 Å². The first kappa shape index (κ1) is 14.5. The van der Waals surface area contributed by atoms with Crippen molar-refractivity contribution < 1.29 is 15.0 Å². The highest BCUT2D eigenvalue weighted by molar-refractivity contribution is 6.37. The molecule has 2 aromatic rings. The summed E-state index contributed by atoms with van der Waals surface area (Å²) in [5, 5.41) is 23.7. The molecule has 0 saturated carbocycles. The van der Waals surface area contributed by atoms with E-state index in [-0.39, 0.29) is 22.1 Å². The summed E-state index contributed by atoms with van der Waals surface area (Å²) in [5.41, 5.74) is -0.0843. The fraction of sp³-hybridized carbons (Fsp3) is 0.267. The van der Waals surface area contributed by atoms with E-state index in [0.29, 0.717) is 17.3 Å². The Morgan fingerprint density at radius 2 is 1.80 bits per heavy atom. The zero-order valence-electron chi connectivity index (χ0n) is 11.1. The lowest BCUT2D eigenvalue weighted by Crippen LogP contribution is -2.24. The van der Waals surface area contributed by atoms with Crippen LogP contribution in [0.2, 0.25) is 5.02 Å². The number of carbonyl (C=O) groups is 1. The molecule has 0 aliphatic carbocycles. The van der Waals surface area contributed by atoms with E-state index in [0.717, 1.165) is 12.8 Å². The molecule has 0 radical (unpaired) electrons. The summed E-state index contributed by atoms with van der Waals surface area (Å²) in [6, 6.07) is 6.70. The Bertz CT molecular complexity index is 655. The second-order valence-electron chi connectivity index (χ2n) is 4.54. The molecule has 0 aliphatic rings. The van der Waals surface area contributed by atoms with Crippen LogP contribution in [0.4, 0.5) is 0 Å². The van der Waals surface area contributed by atoms with E-state index in [4.69, 9.17) is 11.6 Å². The first-order valence-electron chi connectivity index (χ1n) is 6.48. The first-order chi connectivity index (χ1) is 9.57. The van der Waals surface area contributed by atoms with Gasteiger partial charge in [0.2, 0.25) is 0 Å². The number of carbonyl (C=O) groups excluding carboxylic acids is 1. The van der Waals surface area contributed by atoms with Gasteiger partial charge in [0.25, 0.3) is 5.91 Å². The smallest absolute Gasteiger partial charge is 0.256 e. The minimum atomic E-state index is -0.484. The van der Waals surface area contributed by atoms with Crippen LogP contribution in [0.3, 0.4) is 0 Å². The highest BCUT2D eigenvalue weighted by Crippen LogP contribution is 2.42. The van der Waals surface area contributed by atoms with Crippen LogP contribution in [0.15, 0.2) is 24.3 Å². The fourth-order valence-electron chi connectivity index (χ4n) is 2.05. The van der Waals surface area contributed by atoms with Crippen LogP contribution in [0, 0.1) is 0 Å². The topological polar surface area (TPSA) is 69.6 Å². The molecule has 0 bridgehead atoms. The van der Waals surface area contributed by atoms with Gasteiger partial charge in [-0.3, -0.25) is 4.79 Å². The monoisotopic (exact) mass is 293 g/mol. The number of benzene rings is 2. The number of rotatable bonds is 4.